The second-order valence-corrected chi connectivity index (χ2v) is 5.42. The molecule has 1 aromatic carbocycles. The van der Waals surface area contributed by atoms with Crippen molar-refractivity contribution in [3.05, 3.63) is 42.5 Å². The third-order valence-electron chi connectivity index (χ3n) is 2.15. The van der Waals surface area contributed by atoms with Crippen LogP contribution < -0.4 is 5.32 Å². The van der Waals surface area contributed by atoms with Gasteiger partial charge in [-0.25, -0.2) is 0 Å². The number of thioether (sulfide) groups is 2. The molecule has 0 saturated carbocycles. The molecule has 0 atom stereocenters. The Morgan fingerprint density at radius 1 is 1.29 bits per heavy atom. The average Bonchev–Trinajstić information content (AvgIpc) is 2.34. The third kappa shape index (κ3) is 7.77. The summed E-state index contributed by atoms with van der Waals surface area (Å²) in [4.78, 5) is 1.32. The van der Waals surface area contributed by atoms with Crippen molar-refractivity contribution in [3.63, 3.8) is 0 Å². The zero-order valence-corrected chi connectivity index (χ0v) is 12.6. The van der Waals surface area contributed by atoms with Crippen molar-refractivity contribution in [2.45, 2.75) is 11.4 Å². The van der Waals surface area contributed by atoms with Crippen LogP contribution in [0.25, 0.3) is 0 Å². The Balaban J connectivity index is 0.00000256. The quantitative estimate of drug-likeness (QED) is 0.444. The first kappa shape index (κ1) is 16.9. The summed E-state index contributed by atoms with van der Waals surface area (Å²) in [6, 6.07) is 8.73. The highest BCUT2D eigenvalue weighted by atomic mass is 35.5. The van der Waals surface area contributed by atoms with Crippen molar-refractivity contribution >= 4 is 35.9 Å². The molecule has 0 unspecified atom stereocenters. The number of hydrogen-bond donors (Lipinski definition) is 1. The van der Waals surface area contributed by atoms with Crippen LogP contribution >= 0.6 is 35.9 Å². The topological polar surface area (TPSA) is 12.0 Å². The van der Waals surface area contributed by atoms with Gasteiger partial charge in [0.25, 0.3) is 0 Å². The molecule has 0 aliphatic heterocycles. The van der Waals surface area contributed by atoms with Gasteiger partial charge in [0, 0.05) is 29.5 Å². The molecule has 96 valence electrons. The lowest BCUT2D eigenvalue weighted by atomic mass is 10.2. The van der Waals surface area contributed by atoms with E-state index < -0.39 is 0 Å². The van der Waals surface area contributed by atoms with Crippen LogP contribution in [0.1, 0.15) is 5.56 Å². The lowest BCUT2D eigenvalue weighted by Gasteiger charge is -2.05. The highest BCUT2D eigenvalue weighted by Gasteiger charge is 1.93. The highest BCUT2D eigenvalue weighted by molar-refractivity contribution is 7.99. The molecular formula is C13H20ClNS2. The predicted molar refractivity (Wildman–Crippen MR) is 84.7 cm³/mol. The maximum absolute atomic E-state index is 3.70. The number of nitrogens with one attached hydrogen (secondary N) is 1. The maximum atomic E-state index is 3.70. The van der Waals surface area contributed by atoms with E-state index in [1.54, 1.807) is 11.8 Å². The molecule has 17 heavy (non-hydrogen) atoms. The Morgan fingerprint density at radius 3 is 2.59 bits per heavy atom. The standard InChI is InChI=1S/C13H19NS2.ClH/c1-3-9-16-10-8-14-11-12-4-6-13(15-2)7-5-12;/h3-7,14H,1,8-11H2,2H3;1H. The van der Waals surface area contributed by atoms with Crippen LogP contribution in [0, 0.1) is 0 Å². The first-order valence-electron chi connectivity index (χ1n) is 5.39. The molecule has 0 heterocycles. The van der Waals surface area contributed by atoms with Gasteiger partial charge in [-0.3, -0.25) is 0 Å². The van der Waals surface area contributed by atoms with Gasteiger partial charge in [0.15, 0.2) is 0 Å². The van der Waals surface area contributed by atoms with Gasteiger partial charge in [-0.05, 0) is 24.0 Å². The summed E-state index contributed by atoms with van der Waals surface area (Å²) in [5.41, 5.74) is 1.35. The summed E-state index contributed by atoms with van der Waals surface area (Å²) < 4.78 is 0. The minimum Gasteiger partial charge on any atom is -0.312 e. The van der Waals surface area contributed by atoms with Crippen LogP contribution in [0.3, 0.4) is 0 Å². The zero-order chi connectivity index (χ0) is 11.6. The fourth-order valence-corrected chi connectivity index (χ4v) is 2.32. The fraction of sp³-hybridized carbons (Fsp3) is 0.385. The van der Waals surface area contributed by atoms with Crippen LogP contribution in [0.2, 0.25) is 0 Å². The minimum absolute atomic E-state index is 0. The minimum atomic E-state index is 0. The summed E-state index contributed by atoms with van der Waals surface area (Å²) in [6.07, 6.45) is 4.05. The lowest BCUT2D eigenvalue weighted by molar-refractivity contribution is 0.732. The third-order valence-corrected chi connectivity index (χ3v) is 3.85. The van der Waals surface area contributed by atoms with Crippen molar-refractivity contribution in [1.82, 2.24) is 5.32 Å². The fourth-order valence-electron chi connectivity index (χ4n) is 1.29. The van der Waals surface area contributed by atoms with Gasteiger partial charge in [0.1, 0.15) is 0 Å². The van der Waals surface area contributed by atoms with Gasteiger partial charge in [-0.2, -0.15) is 11.8 Å². The Bertz CT molecular complexity index is 301. The summed E-state index contributed by atoms with van der Waals surface area (Å²) in [7, 11) is 0. The molecule has 0 fully saturated rings. The summed E-state index contributed by atoms with van der Waals surface area (Å²) in [6.45, 7) is 5.72. The molecule has 0 amide bonds. The van der Waals surface area contributed by atoms with Gasteiger partial charge in [-0.15, -0.1) is 30.7 Å². The monoisotopic (exact) mass is 289 g/mol. The molecule has 1 nitrogen and oxygen atoms in total. The molecule has 0 aliphatic rings. The molecular weight excluding hydrogens is 270 g/mol. The van der Waals surface area contributed by atoms with E-state index in [9.17, 15) is 0 Å². The number of halogens is 1. The second-order valence-electron chi connectivity index (χ2n) is 3.39. The van der Waals surface area contributed by atoms with E-state index in [1.165, 1.54) is 10.5 Å². The Hall–Kier alpha value is -0.0900. The van der Waals surface area contributed by atoms with E-state index in [1.807, 2.05) is 17.8 Å². The molecule has 0 bridgehead atoms. The zero-order valence-electron chi connectivity index (χ0n) is 10.1. The molecule has 4 heteroatoms. The van der Waals surface area contributed by atoms with Crippen LogP contribution in [-0.4, -0.2) is 24.3 Å². The first-order chi connectivity index (χ1) is 7.86. The van der Waals surface area contributed by atoms with Crippen molar-refractivity contribution in [2.24, 2.45) is 0 Å². The SMILES string of the molecule is C=CCSCCNCc1ccc(SC)cc1.Cl. The normalized spacial score (nSPS) is 9.71. The average molecular weight is 290 g/mol. The van der Waals surface area contributed by atoms with Gasteiger partial charge in [-0.1, -0.05) is 18.2 Å². The van der Waals surface area contributed by atoms with Crippen LogP contribution in [0.15, 0.2) is 41.8 Å². The summed E-state index contributed by atoms with van der Waals surface area (Å²) in [5, 5.41) is 3.44. The highest BCUT2D eigenvalue weighted by Crippen LogP contribution is 2.14. The van der Waals surface area contributed by atoms with E-state index >= 15 is 0 Å². The van der Waals surface area contributed by atoms with E-state index in [2.05, 4.69) is 42.4 Å². The summed E-state index contributed by atoms with van der Waals surface area (Å²) >= 11 is 3.69. The Morgan fingerprint density at radius 2 is 2.00 bits per heavy atom. The first-order valence-corrected chi connectivity index (χ1v) is 7.77. The van der Waals surface area contributed by atoms with Crippen LogP contribution in [0.4, 0.5) is 0 Å². The summed E-state index contributed by atoms with van der Waals surface area (Å²) in [5.74, 6) is 2.19. The smallest absolute Gasteiger partial charge is 0.0205 e. The molecule has 0 aliphatic carbocycles. The maximum Gasteiger partial charge on any atom is 0.0205 e. The molecule has 1 aromatic rings. The Labute approximate surface area is 119 Å². The van der Waals surface area contributed by atoms with Gasteiger partial charge >= 0.3 is 0 Å². The van der Waals surface area contributed by atoms with Gasteiger partial charge in [0.2, 0.25) is 0 Å². The lowest BCUT2D eigenvalue weighted by Crippen LogP contribution is -2.16. The van der Waals surface area contributed by atoms with E-state index in [0.717, 1.165) is 24.6 Å². The predicted octanol–water partition coefficient (Wildman–Crippen LogP) is 3.84. The molecule has 0 radical (unpaired) electrons. The number of benzene rings is 1. The van der Waals surface area contributed by atoms with Gasteiger partial charge < -0.3 is 5.32 Å². The number of hydrogen-bond acceptors (Lipinski definition) is 3. The van der Waals surface area contributed by atoms with Crippen molar-refractivity contribution in [2.75, 3.05) is 24.3 Å². The molecule has 1 rings (SSSR count). The Kier molecular flexibility index (Phi) is 11.0. The van der Waals surface area contributed by atoms with Crippen LogP contribution in [-0.2, 0) is 6.54 Å². The van der Waals surface area contributed by atoms with Gasteiger partial charge in [0.05, 0.1) is 0 Å². The largest absolute Gasteiger partial charge is 0.312 e. The molecule has 1 N–H and O–H groups in total. The van der Waals surface area contributed by atoms with Crippen molar-refractivity contribution < 1.29 is 0 Å². The molecule has 0 saturated heterocycles. The van der Waals surface area contributed by atoms with Crippen molar-refractivity contribution in [3.8, 4) is 0 Å². The second kappa shape index (κ2) is 11.0. The van der Waals surface area contributed by atoms with Crippen molar-refractivity contribution in [1.29, 1.82) is 0 Å². The van der Waals surface area contributed by atoms with Crippen LogP contribution in [0.5, 0.6) is 0 Å². The van der Waals surface area contributed by atoms with E-state index in [4.69, 9.17) is 0 Å². The van der Waals surface area contributed by atoms with E-state index in [-0.39, 0.29) is 12.4 Å². The van der Waals surface area contributed by atoms with E-state index in [0.29, 0.717) is 0 Å². The number of rotatable bonds is 8. The molecule has 0 aromatic heterocycles. The molecule has 0 spiro atoms.